The van der Waals surface area contributed by atoms with Gasteiger partial charge in [-0.3, -0.25) is 0 Å². The molecule has 100 valence electrons. The third-order valence-corrected chi connectivity index (χ3v) is 3.06. The molecule has 0 atom stereocenters. The number of hydrogen-bond acceptors (Lipinski definition) is 2. The molecule has 0 spiro atoms. The van der Waals surface area contributed by atoms with Crippen molar-refractivity contribution in [1.82, 2.24) is 5.32 Å². The minimum atomic E-state index is -0.185. The van der Waals surface area contributed by atoms with Crippen LogP contribution in [0.4, 0.5) is 4.39 Å². The summed E-state index contributed by atoms with van der Waals surface area (Å²) in [5.74, 6) is -0.185. The van der Waals surface area contributed by atoms with Crippen molar-refractivity contribution >= 4 is 0 Å². The van der Waals surface area contributed by atoms with Crippen molar-refractivity contribution in [1.29, 1.82) is 0 Å². The summed E-state index contributed by atoms with van der Waals surface area (Å²) < 4.78 is 12.7. The van der Waals surface area contributed by atoms with Crippen LogP contribution >= 0.6 is 0 Å². The van der Waals surface area contributed by atoms with Gasteiger partial charge in [0.15, 0.2) is 0 Å². The topological polar surface area (TPSA) is 38.0 Å². The summed E-state index contributed by atoms with van der Waals surface area (Å²) in [5, 5.41) is 3.38. The minimum absolute atomic E-state index is 0.185. The standard InChI is InChI=1S/C16H19FN2/c17-16-6-4-13(5-7-16)8-9-19-12-15-3-1-2-14(10-15)11-18/h1-7,10,19H,8-9,11-12,18H2. The van der Waals surface area contributed by atoms with Crippen LogP contribution in [0.5, 0.6) is 0 Å². The Bertz CT molecular complexity index is 508. The molecule has 2 aromatic rings. The van der Waals surface area contributed by atoms with Crippen molar-refractivity contribution in [3.63, 3.8) is 0 Å². The fraction of sp³-hybridized carbons (Fsp3) is 0.250. The van der Waals surface area contributed by atoms with Gasteiger partial charge in [0.2, 0.25) is 0 Å². The summed E-state index contributed by atoms with van der Waals surface area (Å²) in [4.78, 5) is 0. The van der Waals surface area contributed by atoms with E-state index in [0.29, 0.717) is 6.54 Å². The van der Waals surface area contributed by atoms with Crippen molar-refractivity contribution in [3.05, 3.63) is 71.0 Å². The molecule has 0 radical (unpaired) electrons. The fourth-order valence-corrected chi connectivity index (χ4v) is 1.98. The maximum atomic E-state index is 12.7. The minimum Gasteiger partial charge on any atom is -0.326 e. The fourth-order valence-electron chi connectivity index (χ4n) is 1.98. The van der Waals surface area contributed by atoms with Gasteiger partial charge in [-0.2, -0.15) is 0 Å². The Kier molecular flexibility index (Phi) is 5.07. The van der Waals surface area contributed by atoms with E-state index in [4.69, 9.17) is 5.73 Å². The number of nitrogens with one attached hydrogen (secondary N) is 1. The van der Waals surface area contributed by atoms with Crippen molar-refractivity contribution in [2.75, 3.05) is 6.54 Å². The van der Waals surface area contributed by atoms with Crippen molar-refractivity contribution in [3.8, 4) is 0 Å². The lowest BCUT2D eigenvalue weighted by Crippen LogP contribution is -2.16. The van der Waals surface area contributed by atoms with E-state index < -0.39 is 0 Å². The molecule has 0 aliphatic rings. The summed E-state index contributed by atoms with van der Waals surface area (Å²) in [6.45, 7) is 2.27. The van der Waals surface area contributed by atoms with Crippen LogP contribution in [0.1, 0.15) is 16.7 Å². The normalized spacial score (nSPS) is 10.6. The highest BCUT2D eigenvalue weighted by atomic mass is 19.1. The predicted molar refractivity (Wildman–Crippen MR) is 76.1 cm³/mol. The molecule has 0 heterocycles. The number of nitrogens with two attached hydrogens (primary N) is 1. The molecule has 0 saturated carbocycles. The Labute approximate surface area is 113 Å². The van der Waals surface area contributed by atoms with E-state index in [9.17, 15) is 4.39 Å². The largest absolute Gasteiger partial charge is 0.326 e. The van der Waals surface area contributed by atoms with E-state index in [0.717, 1.165) is 30.6 Å². The summed E-state index contributed by atoms with van der Waals surface area (Å²) in [6, 6.07) is 14.9. The zero-order valence-electron chi connectivity index (χ0n) is 10.9. The molecule has 2 rings (SSSR count). The molecule has 2 aromatic carbocycles. The molecule has 0 aliphatic heterocycles. The van der Waals surface area contributed by atoms with E-state index >= 15 is 0 Å². The lowest BCUT2D eigenvalue weighted by atomic mass is 10.1. The monoisotopic (exact) mass is 258 g/mol. The van der Waals surface area contributed by atoms with Gasteiger partial charge in [-0.05, 0) is 41.8 Å². The van der Waals surface area contributed by atoms with Crippen LogP contribution < -0.4 is 11.1 Å². The van der Waals surface area contributed by atoms with E-state index in [1.165, 1.54) is 17.7 Å². The van der Waals surface area contributed by atoms with E-state index in [2.05, 4.69) is 17.4 Å². The average molecular weight is 258 g/mol. The maximum Gasteiger partial charge on any atom is 0.123 e. The van der Waals surface area contributed by atoms with Crippen LogP contribution in [0, 0.1) is 5.82 Å². The molecule has 19 heavy (non-hydrogen) atoms. The molecule has 3 heteroatoms. The second-order valence-electron chi connectivity index (χ2n) is 4.58. The SMILES string of the molecule is NCc1cccc(CNCCc2ccc(F)cc2)c1. The van der Waals surface area contributed by atoms with E-state index in [1.807, 2.05) is 24.3 Å². The van der Waals surface area contributed by atoms with Gasteiger partial charge in [0, 0.05) is 13.1 Å². The third-order valence-electron chi connectivity index (χ3n) is 3.06. The van der Waals surface area contributed by atoms with Crippen LogP contribution in [-0.2, 0) is 19.5 Å². The van der Waals surface area contributed by atoms with Gasteiger partial charge in [-0.25, -0.2) is 4.39 Å². The quantitative estimate of drug-likeness (QED) is 0.782. The lowest BCUT2D eigenvalue weighted by molar-refractivity contribution is 0.626. The molecule has 0 aliphatic carbocycles. The first kappa shape index (κ1) is 13.7. The Morgan fingerprint density at radius 1 is 0.947 bits per heavy atom. The van der Waals surface area contributed by atoms with Gasteiger partial charge >= 0.3 is 0 Å². The third kappa shape index (κ3) is 4.47. The zero-order chi connectivity index (χ0) is 13.5. The number of rotatable bonds is 6. The summed E-state index contributed by atoms with van der Waals surface area (Å²) in [7, 11) is 0. The summed E-state index contributed by atoms with van der Waals surface area (Å²) in [5.41, 5.74) is 9.14. The van der Waals surface area contributed by atoms with Gasteiger partial charge in [0.1, 0.15) is 5.82 Å². The van der Waals surface area contributed by atoms with Crippen molar-refractivity contribution < 1.29 is 4.39 Å². The highest BCUT2D eigenvalue weighted by Gasteiger charge is 1.96. The first-order valence-corrected chi connectivity index (χ1v) is 6.51. The molecule has 2 nitrogen and oxygen atoms in total. The van der Waals surface area contributed by atoms with Crippen LogP contribution in [0.2, 0.25) is 0 Å². The Morgan fingerprint density at radius 3 is 2.42 bits per heavy atom. The summed E-state index contributed by atoms with van der Waals surface area (Å²) in [6.07, 6.45) is 0.900. The van der Waals surface area contributed by atoms with Crippen LogP contribution in [0.25, 0.3) is 0 Å². The molecular formula is C16H19FN2. The second kappa shape index (κ2) is 7.02. The highest BCUT2D eigenvalue weighted by Crippen LogP contribution is 2.05. The Balaban J connectivity index is 1.75. The van der Waals surface area contributed by atoms with E-state index in [-0.39, 0.29) is 5.82 Å². The maximum absolute atomic E-state index is 12.7. The van der Waals surface area contributed by atoms with Crippen molar-refractivity contribution in [2.45, 2.75) is 19.5 Å². The average Bonchev–Trinajstić information content (AvgIpc) is 2.46. The smallest absolute Gasteiger partial charge is 0.123 e. The predicted octanol–water partition coefficient (Wildman–Crippen LogP) is 2.62. The van der Waals surface area contributed by atoms with Gasteiger partial charge in [-0.15, -0.1) is 0 Å². The van der Waals surface area contributed by atoms with Crippen LogP contribution in [0.15, 0.2) is 48.5 Å². The molecule has 0 aromatic heterocycles. The Morgan fingerprint density at radius 2 is 1.68 bits per heavy atom. The van der Waals surface area contributed by atoms with E-state index in [1.54, 1.807) is 0 Å². The Hall–Kier alpha value is -1.71. The molecule has 0 fully saturated rings. The lowest BCUT2D eigenvalue weighted by Gasteiger charge is -2.06. The van der Waals surface area contributed by atoms with Crippen molar-refractivity contribution in [2.24, 2.45) is 5.73 Å². The molecule has 0 amide bonds. The first-order valence-electron chi connectivity index (χ1n) is 6.51. The van der Waals surface area contributed by atoms with Gasteiger partial charge in [-0.1, -0.05) is 36.4 Å². The molecule has 0 bridgehead atoms. The van der Waals surface area contributed by atoms with Gasteiger partial charge in [0.25, 0.3) is 0 Å². The number of halogens is 1. The molecular weight excluding hydrogens is 239 g/mol. The van der Waals surface area contributed by atoms with Gasteiger partial charge < -0.3 is 11.1 Å². The van der Waals surface area contributed by atoms with Crippen LogP contribution in [-0.4, -0.2) is 6.54 Å². The van der Waals surface area contributed by atoms with Crippen LogP contribution in [0.3, 0.4) is 0 Å². The number of hydrogen-bond donors (Lipinski definition) is 2. The summed E-state index contributed by atoms with van der Waals surface area (Å²) >= 11 is 0. The molecule has 0 unspecified atom stereocenters. The zero-order valence-corrected chi connectivity index (χ0v) is 10.9. The highest BCUT2D eigenvalue weighted by molar-refractivity contribution is 5.23. The molecule has 3 N–H and O–H groups in total. The molecule has 0 saturated heterocycles. The van der Waals surface area contributed by atoms with Gasteiger partial charge in [0.05, 0.1) is 0 Å². The number of benzene rings is 2. The second-order valence-corrected chi connectivity index (χ2v) is 4.58. The first-order chi connectivity index (χ1) is 9.28.